The number of halogens is 1. The van der Waals surface area contributed by atoms with Crippen LogP contribution in [-0.4, -0.2) is 21.0 Å². The van der Waals surface area contributed by atoms with E-state index in [2.05, 4.69) is 20.8 Å². The van der Waals surface area contributed by atoms with Crippen LogP contribution in [0, 0.1) is 0 Å². The third-order valence-corrected chi connectivity index (χ3v) is 4.37. The Labute approximate surface area is 145 Å². The van der Waals surface area contributed by atoms with Gasteiger partial charge in [-0.1, -0.05) is 23.7 Å². The third kappa shape index (κ3) is 2.53. The maximum absolute atomic E-state index is 6.01. The predicted octanol–water partition coefficient (Wildman–Crippen LogP) is 4.95. The van der Waals surface area contributed by atoms with Crippen molar-refractivity contribution in [3.63, 3.8) is 0 Å². The molecule has 0 saturated carbocycles. The van der Waals surface area contributed by atoms with Gasteiger partial charge >= 0.3 is 0 Å². The number of aromatic nitrogens is 2. The van der Waals surface area contributed by atoms with Crippen molar-refractivity contribution < 1.29 is 0 Å². The van der Waals surface area contributed by atoms with Gasteiger partial charge in [-0.15, -0.1) is 0 Å². The van der Waals surface area contributed by atoms with E-state index >= 15 is 0 Å². The Hall–Kier alpha value is -2.46. The van der Waals surface area contributed by atoms with E-state index < -0.39 is 0 Å². The average Bonchev–Trinajstić information content (AvgIpc) is 2.95. The summed E-state index contributed by atoms with van der Waals surface area (Å²) in [5.41, 5.74) is 6.30. The zero-order valence-electron chi connectivity index (χ0n) is 13.6. The lowest BCUT2D eigenvalue weighted by Crippen LogP contribution is -2.15. The molecule has 1 aliphatic heterocycles. The third-order valence-electron chi connectivity index (χ3n) is 4.12. The van der Waals surface area contributed by atoms with E-state index in [1.165, 1.54) is 0 Å². The lowest BCUT2D eigenvalue weighted by molar-refractivity contribution is 0.741. The largest absolute Gasteiger partial charge is 0.323 e. The number of hydrogen-bond acceptors (Lipinski definition) is 3. The van der Waals surface area contributed by atoms with Gasteiger partial charge in [0.25, 0.3) is 0 Å². The van der Waals surface area contributed by atoms with Crippen LogP contribution >= 0.6 is 11.6 Å². The molecule has 1 aliphatic rings. The minimum absolute atomic E-state index is 0.733. The fourth-order valence-corrected chi connectivity index (χ4v) is 3.20. The van der Waals surface area contributed by atoms with Crippen molar-refractivity contribution in [1.82, 2.24) is 9.55 Å². The van der Waals surface area contributed by atoms with Crippen molar-refractivity contribution >= 4 is 34.1 Å². The Morgan fingerprint density at radius 1 is 1.12 bits per heavy atom. The van der Waals surface area contributed by atoms with Crippen LogP contribution in [-0.2, 0) is 6.54 Å². The zero-order chi connectivity index (χ0) is 16.7. The first kappa shape index (κ1) is 15.1. The highest BCUT2D eigenvalue weighted by atomic mass is 35.5. The minimum Gasteiger partial charge on any atom is -0.323 e. The number of para-hydroxylation sites is 1. The summed E-state index contributed by atoms with van der Waals surface area (Å²) in [7, 11) is 0. The van der Waals surface area contributed by atoms with Crippen molar-refractivity contribution in [2.24, 2.45) is 10.2 Å². The number of rotatable bonds is 2. The topological polar surface area (TPSA) is 42.5 Å². The quantitative estimate of drug-likeness (QED) is 0.482. The minimum atomic E-state index is 0.733. The molecule has 0 bridgehead atoms. The molecule has 0 radical (unpaired) electrons. The Kier molecular flexibility index (Phi) is 3.69. The Morgan fingerprint density at radius 2 is 1.92 bits per heavy atom. The Bertz CT molecular complexity index is 977. The Morgan fingerprint density at radius 3 is 2.67 bits per heavy atom. The van der Waals surface area contributed by atoms with Crippen molar-refractivity contribution in [1.29, 1.82) is 0 Å². The van der Waals surface area contributed by atoms with E-state index in [1.807, 2.05) is 50.2 Å². The standard InChI is InChI=1S/C19H17ClN4/c1-12(2)22-23-16-10-11-24-18-15(16)4-3-5-17(18)21-19(24)13-6-8-14(20)9-7-13/h3-9H,10-11H2,1-2H3/b23-16+. The lowest BCUT2D eigenvalue weighted by atomic mass is 10.0. The molecule has 4 nitrogen and oxygen atoms in total. The highest BCUT2D eigenvalue weighted by Gasteiger charge is 2.22. The van der Waals surface area contributed by atoms with Gasteiger partial charge < -0.3 is 4.57 Å². The second-order valence-corrected chi connectivity index (χ2v) is 6.55. The van der Waals surface area contributed by atoms with Crippen molar-refractivity contribution in [3.05, 3.63) is 53.1 Å². The van der Waals surface area contributed by atoms with Crippen LogP contribution in [0.3, 0.4) is 0 Å². The van der Waals surface area contributed by atoms with Gasteiger partial charge in [0, 0.05) is 34.8 Å². The fourth-order valence-electron chi connectivity index (χ4n) is 3.07. The summed E-state index contributed by atoms with van der Waals surface area (Å²) in [6.07, 6.45) is 0.847. The molecule has 4 rings (SSSR count). The van der Waals surface area contributed by atoms with E-state index in [-0.39, 0.29) is 0 Å². The SMILES string of the molecule is CC(C)=N/N=C1\CCn2c(-c3ccc(Cl)cc3)nc3cccc1c32. The number of nitrogens with zero attached hydrogens (tertiary/aromatic N) is 4. The molecule has 0 saturated heterocycles. The number of imidazole rings is 1. The summed E-state index contributed by atoms with van der Waals surface area (Å²) in [6.45, 7) is 4.76. The van der Waals surface area contributed by atoms with Gasteiger partial charge in [-0.2, -0.15) is 10.2 Å². The van der Waals surface area contributed by atoms with E-state index in [4.69, 9.17) is 16.6 Å². The molecule has 0 fully saturated rings. The molecule has 0 amide bonds. The molecule has 2 aromatic carbocycles. The maximum atomic E-state index is 6.01. The van der Waals surface area contributed by atoms with Crippen LogP contribution in [0.15, 0.2) is 52.7 Å². The van der Waals surface area contributed by atoms with Gasteiger partial charge in [-0.3, -0.25) is 0 Å². The van der Waals surface area contributed by atoms with E-state index in [0.717, 1.165) is 57.4 Å². The molecule has 120 valence electrons. The van der Waals surface area contributed by atoms with Gasteiger partial charge in [-0.25, -0.2) is 4.98 Å². The normalized spacial score (nSPS) is 15.0. The van der Waals surface area contributed by atoms with Crippen molar-refractivity contribution in [2.75, 3.05) is 0 Å². The summed E-state index contributed by atoms with van der Waals surface area (Å²) in [4.78, 5) is 4.84. The van der Waals surface area contributed by atoms with Gasteiger partial charge in [0.1, 0.15) is 5.82 Å². The maximum Gasteiger partial charge on any atom is 0.141 e. The van der Waals surface area contributed by atoms with Crippen LogP contribution < -0.4 is 0 Å². The number of benzene rings is 2. The highest BCUT2D eigenvalue weighted by molar-refractivity contribution is 6.30. The van der Waals surface area contributed by atoms with Crippen LogP contribution in [0.4, 0.5) is 0 Å². The van der Waals surface area contributed by atoms with E-state index in [9.17, 15) is 0 Å². The molecule has 0 aliphatic carbocycles. The first-order chi connectivity index (χ1) is 11.6. The zero-order valence-corrected chi connectivity index (χ0v) is 14.4. The summed E-state index contributed by atoms with van der Waals surface area (Å²) in [6, 6.07) is 14.0. The van der Waals surface area contributed by atoms with Gasteiger partial charge in [-0.05, 0) is 44.2 Å². The van der Waals surface area contributed by atoms with E-state index in [1.54, 1.807) is 0 Å². The molecule has 1 aromatic heterocycles. The Balaban J connectivity index is 1.92. The molecule has 5 heteroatoms. The highest BCUT2D eigenvalue weighted by Crippen LogP contribution is 2.32. The smallest absolute Gasteiger partial charge is 0.141 e. The van der Waals surface area contributed by atoms with E-state index in [0.29, 0.717) is 0 Å². The van der Waals surface area contributed by atoms with Crippen LogP contribution in [0.2, 0.25) is 5.02 Å². The van der Waals surface area contributed by atoms with Crippen LogP contribution in [0.25, 0.3) is 22.4 Å². The summed E-state index contributed by atoms with van der Waals surface area (Å²) < 4.78 is 2.27. The van der Waals surface area contributed by atoms with Gasteiger partial charge in [0.2, 0.25) is 0 Å². The summed E-state index contributed by atoms with van der Waals surface area (Å²) in [5, 5.41) is 9.42. The molecule has 0 spiro atoms. The molecule has 0 N–H and O–H groups in total. The fraction of sp³-hybridized carbons (Fsp3) is 0.211. The lowest BCUT2D eigenvalue weighted by Gasteiger charge is -2.18. The van der Waals surface area contributed by atoms with Crippen LogP contribution in [0.5, 0.6) is 0 Å². The number of hydrogen-bond donors (Lipinski definition) is 0. The first-order valence-corrected chi connectivity index (χ1v) is 8.34. The molecule has 2 heterocycles. The monoisotopic (exact) mass is 336 g/mol. The van der Waals surface area contributed by atoms with Gasteiger partial charge in [0.05, 0.1) is 16.7 Å². The average molecular weight is 337 g/mol. The number of aryl methyl sites for hydroxylation is 1. The van der Waals surface area contributed by atoms with Crippen molar-refractivity contribution in [2.45, 2.75) is 26.8 Å². The summed E-state index contributed by atoms with van der Waals surface area (Å²) in [5.74, 6) is 0.975. The van der Waals surface area contributed by atoms with Gasteiger partial charge in [0.15, 0.2) is 0 Å². The molecule has 3 aromatic rings. The second-order valence-electron chi connectivity index (χ2n) is 6.11. The van der Waals surface area contributed by atoms with Crippen molar-refractivity contribution in [3.8, 4) is 11.4 Å². The molecular formula is C19H17ClN4. The second kappa shape index (κ2) is 5.87. The predicted molar refractivity (Wildman–Crippen MR) is 100 cm³/mol. The first-order valence-electron chi connectivity index (χ1n) is 7.97. The molecule has 0 atom stereocenters. The molecular weight excluding hydrogens is 320 g/mol. The summed E-state index contributed by atoms with van der Waals surface area (Å²) >= 11 is 6.01. The van der Waals surface area contributed by atoms with Crippen LogP contribution in [0.1, 0.15) is 25.8 Å². The molecule has 0 unspecified atom stereocenters. The molecule has 24 heavy (non-hydrogen) atoms.